The van der Waals surface area contributed by atoms with Crippen LogP contribution in [0.5, 0.6) is 5.75 Å². The Bertz CT molecular complexity index is 355. The molecule has 2 rings (SSSR count). The van der Waals surface area contributed by atoms with Gasteiger partial charge in [0.1, 0.15) is 31.3 Å². The maximum atomic E-state index is 13.2. The van der Waals surface area contributed by atoms with E-state index < -0.39 is 11.6 Å². The number of ether oxygens (including phenoxy) is 2. The maximum Gasteiger partial charge on any atom is 0.147 e. The molecule has 0 aromatic heterocycles. The number of hydrogen-bond donors (Lipinski definition) is 0. The summed E-state index contributed by atoms with van der Waals surface area (Å²) in [5.74, 6) is -0.922. The first-order valence-corrected chi connectivity index (χ1v) is 5.37. The van der Waals surface area contributed by atoms with Crippen LogP contribution in [0.1, 0.15) is 12.8 Å². The molecule has 2 nitrogen and oxygen atoms in total. The van der Waals surface area contributed by atoms with Crippen molar-refractivity contribution in [2.75, 3.05) is 13.2 Å². The van der Waals surface area contributed by atoms with Gasteiger partial charge in [0, 0.05) is 18.7 Å². The summed E-state index contributed by atoms with van der Waals surface area (Å²) in [6, 6.07) is 2.43. The highest BCUT2D eigenvalue weighted by Gasteiger charge is 2.16. The lowest BCUT2D eigenvalue weighted by Crippen LogP contribution is -2.28. The van der Waals surface area contributed by atoms with Crippen LogP contribution in [0.2, 0.25) is 0 Å². The Morgan fingerprint density at radius 3 is 2.56 bits per heavy atom. The van der Waals surface area contributed by atoms with E-state index in [1.54, 1.807) is 0 Å². The molecule has 0 saturated carbocycles. The third kappa shape index (κ3) is 2.53. The Balaban J connectivity index is 2.09. The molecule has 1 unspecified atom stereocenters. The Labute approximate surface area is 94.0 Å². The van der Waals surface area contributed by atoms with E-state index in [0.717, 1.165) is 19.4 Å². The standard InChI is InChI=1S/C11H13BF2O2/c12-11-9(13)4-8(5-10(11)14)16-7-2-1-3-15-6-7/h4-5,7H,1-3,6,12H2. The predicted octanol–water partition coefficient (Wildman–Crippen LogP) is 0.781. The molecule has 0 spiro atoms. The predicted molar refractivity (Wildman–Crippen MR) is 59.0 cm³/mol. The Hall–Kier alpha value is -1.10. The van der Waals surface area contributed by atoms with Crippen molar-refractivity contribution in [1.29, 1.82) is 0 Å². The number of halogens is 2. The van der Waals surface area contributed by atoms with Crippen LogP contribution in [-0.2, 0) is 4.74 Å². The van der Waals surface area contributed by atoms with Crippen LogP contribution in [0.15, 0.2) is 12.1 Å². The van der Waals surface area contributed by atoms with Gasteiger partial charge in [0.05, 0.1) is 6.61 Å². The van der Waals surface area contributed by atoms with E-state index in [-0.39, 0.29) is 17.3 Å². The highest BCUT2D eigenvalue weighted by Crippen LogP contribution is 2.18. The van der Waals surface area contributed by atoms with Gasteiger partial charge in [-0.1, -0.05) is 0 Å². The highest BCUT2D eigenvalue weighted by molar-refractivity contribution is 6.32. The molecular weight excluding hydrogens is 213 g/mol. The molecule has 0 amide bonds. The second-order valence-electron chi connectivity index (χ2n) is 3.97. The smallest absolute Gasteiger partial charge is 0.147 e. The van der Waals surface area contributed by atoms with Crippen molar-refractivity contribution in [3.05, 3.63) is 23.8 Å². The van der Waals surface area contributed by atoms with Crippen LogP contribution in [0, 0.1) is 11.6 Å². The minimum absolute atomic E-state index is 0.0206. The largest absolute Gasteiger partial charge is 0.488 e. The van der Waals surface area contributed by atoms with Crippen molar-refractivity contribution < 1.29 is 18.3 Å². The van der Waals surface area contributed by atoms with E-state index in [1.165, 1.54) is 20.0 Å². The Morgan fingerprint density at radius 1 is 1.31 bits per heavy atom. The number of benzene rings is 1. The minimum Gasteiger partial charge on any atom is -0.488 e. The molecule has 1 aromatic carbocycles. The van der Waals surface area contributed by atoms with Crippen molar-refractivity contribution in [2.24, 2.45) is 0 Å². The van der Waals surface area contributed by atoms with Gasteiger partial charge >= 0.3 is 0 Å². The fourth-order valence-corrected chi connectivity index (χ4v) is 1.69. The number of rotatable bonds is 2. The molecule has 1 aromatic rings. The van der Waals surface area contributed by atoms with Crippen molar-refractivity contribution in [3.8, 4) is 5.75 Å². The van der Waals surface area contributed by atoms with E-state index in [2.05, 4.69) is 0 Å². The molecule has 0 bridgehead atoms. The first-order valence-electron chi connectivity index (χ1n) is 5.37. The minimum atomic E-state index is -0.577. The SMILES string of the molecule is Bc1c(F)cc(OC2CCCOC2)cc1F. The van der Waals surface area contributed by atoms with E-state index in [4.69, 9.17) is 9.47 Å². The molecule has 5 heteroatoms. The lowest BCUT2D eigenvalue weighted by molar-refractivity contribution is 0.00721. The summed E-state index contributed by atoms with van der Waals surface area (Å²) in [7, 11) is 1.40. The van der Waals surface area contributed by atoms with Gasteiger partial charge in [-0.3, -0.25) is 0 Å². The van der Waals surface area contributed by atoms with Gasteiger partial charge in [0.2, 0.25) is 0 Å². The second-order valence-corrected chi connectivity index (χ2v) is 3.97. The summed E-state index contributed by atoms with van der Waals surface area (Å²) in [6.45, 7) is 1.22. The molecule has 1 atom stereocenters. The third-order valence-electron chi connectivity index (χ3n) is 2.68. The summed E-state index contributed by atoms with van der Waals surface area (Å²) in [5, 5.41) is 0. The van der Waals surface area contributed by atoms with Gasteiger partial charge in [-0.05, 0) is 18.3 Å². The maximum absolute atomic E-state index is 13.2. The molecule has 0 radical (unpaired) electrons. The average molecular weight is 226 g/mol. The molecule has 0 N–H and O–H groups in total. The zero-order valence-electron chi connectivity index (χ0n) is 9.13. The highest BCUT2D eigenvalue weighted by atomic mass is 19.1. The lowest BCUT2D eigenvalue weighted by Gasteiger charge is -2.23. The van der Waals surface area contributed by atoms with E-state index in [0.29, 0.717) is 6.61 Å². The van der Waals surface area contributed by atoms with Crippen LogP contribution < -0.4 is 10.2 Å². The van der Waals surface area contributed by atoms with E-state index in [1.807, 2.05) is 0 Å². The molecular formula is C11H13BF2O2. The van der Waals surface area contributed by atoms with E-state index >= 15 is 0 Å². The second kappa shape index (κ2) is 4.83. The monoisotopic (exact) mass is 226 g/mol. The first kappa shape index (κ1) is 11.4. The molecule has 1 heterocycles. The summed E-state index contributed by atoms with van der Waals surface area (Å²) in [5.41, 5.74) is 0.0206. The Kier molecular flexibility index (Phi) is 3.44. The lowest BCUT2D eigenvalue weighted by atomic mass is 9.95. The van der Waals surface area contributed by atoms with Gasteiger partial charge < -0.3 is 9.47 Å². The molecule has 0 aliphatic carbocycles. The zero-order valence-corrected chi connectivity index (χ0v) is 9.13. The van der Waals surface area contributed by atoms with Gasteiger partial charge in [-0.25, -0.2) is 8.78 Å². The van der Waals surface area contributed by atoms with Crippen molar-refractivity contribution in [2.45, 2.75) is 18.9 Å². The summed E-state index contributed by atoms with van der Waals surface area (Å²) in [4.78, 5) is 0. The van der Waals surface area contributed by atoms with Gasteiger partial charge in [-0.2, -0.15) is 0 Å². The fourth-order valence-electron chi connectivity index (χ4n) is 1.69. The van der Waals surface area contributed by atoms with Crippen molar-refractivity contribution in [3.63, 3.8) is 0 Å². The average Bonchev–Trinajstić information content (AvgIpc) is 2.27. The van der Waals surface area contributed by atoms with Crippen LogP contribution in [0.25, 0.3) is 0 Å². The molecule has 86 valence electrons. The van der Waals surface area contributed by atoms with Crippen LogP contribution in [0.4, 0.5) is 8.78 Å². The topological polar surface area (TPSA) is 18.5 Å². The summed E-state index contributed by atoms with van der Waals surface area (Å²) < 4.78 is 37.2. The molecule has 1 aliphatic heterocycles. The molecule has 1 fully saturated rings. The Morgan fingerprint density at radius 2 is 2.00 bits per heavy atom. The first-order chi connectivity index (χ1) is 7.66. The summed E-state index contributed by atoms with van der Waals surface area (Å²) in [6.07, 6.45) is 1.67. The summed E-state index contributed by atoms with van der Waals surface area (Å²) >= 11 is 0. The molecule has 1 aliphatic rings. The quantitative estimate of drug-likeness (QED) is 0.694. The normalized spacial score (nSPS) is 20.8. The number of hydrogen-bond acceptors (Lipinski definition) is 2. The van der Waals surface area contributed by atoms with Crippen molar-refractivity contribution in [1.82, 2.24) is 0 Å². The molecule has 16 heavy (non-hydrogen) atoms. The zero-order chi connectivity index (χ0) is 11.5. The van der Waals surface area contributed by atoms with E-state index in [9.17, 15) is 8.78 Å². The van der Waals surface area contributed by atoms with Gasteiger partial charge in [0.15, 0.2) is 0 Å². The van der Waals surface area contributed by atoms with Crippen LogP contribution in [-0.4, -0.2) is 27.2 Å². The van der Waals surface area contributed by atoms with Crippen LogP contribution in [0.3, 0.4) is 0 Å². The third-order valence-corrected chi connectivity index (χ3v) is 2.68. The van der Waals surface area contributed by atoms with Gasteiger partial charge in [0.25, 0.3) is 0 Å². The van der Waals surface area contributed by atoms with Crippen LogP contribution >= 0.6 is 0 Å². The molecule has 1 saturated heterocycles. The van der Waals surface area contributed by atoms with Crippen molar-refractivity contribution >= 4 is 13.3 Å². The van der Waals surface area contributed by atoms with Gasteiger partial charge in [-0.15, -0.1) is 0 Å². The fraction of sp³-hybridized carbons (Fsp3) is 0.455.